The third-order valence-corrected chi connectivity index (χ3v) is 4.60. The zero-order valence-corrected chi connectivity index (χ0v) is 13.3. The smallest absolute Gasteiger partial charge is 0.234 e. The van der Waals surface area contributed by atoms with Gasteiger partial charge in [0.15, 0.2) is 0 Å². The Morgan fingerprint density at radius 2 is 2.27 bits per heavy atom. The summed E-state index contributed by atoms with van der Waals surface area (Å²) in [5.41, 5.74) is 2.23. The monoisotopic (exact) mass is 306 g/mol. The van der Waals surface area contributed by atoms with Crippen molar-refractivity contribution in [3.63, 3.8) is 0 Å². The molecule has 1 amide bonds. The van der Waals surface area contributed by atoms with Crippen LogP contribution in [0.4, 0.5) is 0 Å². The second-order valence-corrected chi connectivity index (χ2v) is 6.50. The van der Waals surface area contributed by atoms with Crippen molar-refractivity contribution in [1.82, 2.24) is 20.4 Å². The summed E-state index contributed by atoms with van der Waals surface area (Å²) in [5, 5.41) is 10.5. The number of carbonyl (C=O) groups is 1. The van der Waals surface area contributed by atoms with Crippen molar-refractivity contribution in [1.29, 1.82) is 0 Å². The number of ether oxygens (including phenoxy) is 1. The summed E-state index contributed by atoms with van der Waals surface area (Å²) in [4.78, 5) is 14.5. The molecule has 122 valence electrons. The summed E-state index contributed by atoms with van der Waals surface area (Å²) in [7, 11) is 0. The van der Waals surface area contributed by atoms with Crippen LogP contribution >= 0.6 is 0 Å². The van der Waals surface area contributed by atoms with E-state index in [0.29, 0.717) is 12.5 Å². The first kappa shape index (κ1) is 15.5. The van der Waals surface area contributed by atoms with E-state index >= 15 is 0 Å². The average Bonchev–Trinajstić information content (AvgIpc) is 2.95. The van der Waals surface area contributed by atoms with E-state index in [4.69, 9.17) is 4.74 Å². The zero-order chi connectivity index (χ0) is 15.4. The summed E-state index contributed by atoms with van der Waals surface area (Å²) in [5.74, 6) is 0.584. The molecule has 1 aromatic rings. The van der Waals surface area contributed by atoms with E-state index < -0.39 is 0 Å². The van der Waals surface area contributed by atoms with Crippen LogP contribution in [0.2, 0.25) is 0 Å². The standard InChI is InChI=1S/C16H26N4O2/c1-12-9-15(19-18-12)13-3-2-6-20(10-13)11-16(21)17-14-4-7-22-8-5-14/h9,13-14H,2-8,10-11H2,1H3,(H,17,21)(H,18,19)/t13-/m0/s1. The molecule has 0 radical (unpaired) electrons. The highest BCUT2D eigenvalue weighted by molar-refractivity contribution is 5.78. The lowest BCUT2D eigenvalue weighted by molar-refractivity contribution is -0.123. The normalized spacial score (nSPS) is 24.3. The molecule has 2 saturated heterocycles. The van der Waals surface area contributed by atoms with E-state index in [1.165, 1.54) is 0 Å². The number of rotatable bonds is 4. The molecule has 0 unspecified atom stereocenters. The van der Waals surface area contributed by atoms with Gasteiger partial charge in [-0.15, -0.1) is 0 Å². The molecule has 1 aromatic heterocycles. The number of likely N-dealkylation sites (tertiary alicyclic amines) is 1. The fraction of sp³-hybridized carbons (Fsp3) is 0.750. The molecule has 3 heterocycles. The summed E-state index contributed by atoms with van der Waals surface area (Å²) in [6, 6.07) is 2.41. The zero-order valence-electron chi connectivity index (χ0n) is 13.3. The van der Waals surface area contributed by atoms with Gasteiger partial charge in [-0.05, 0) is 45.2 Å². The van der Waals surface area contributed by atoms with Gasteiger partial charge in [-0.2, -0.15) is 5.10 Å². The lowest BCUT2D eigenvalue weighted by atomic mass is 9.94. The third kappa shape index (κ3) is 4.08. The number of hydrogen-bond donors (Lipinski definition) is 2. The number of hydrogen-bond acceptors (Lipinski definition) is 4. The number of piperidine rings is 1. The van der Waals surface area contributed by atoms with E-state index in [2.05, 4.69) is 26.5 Å². The molecule has 6 nitrogen and oxygen atoms in total. The molecular weight excluding hydrogens is 280 g/mol. The Balaban J connectivity index is 1.48. The Hall–Kier alpha value is -1.40. The number of amides is 1. The number of aromatic amines is 1. The summed E-state index contributed by atoms with van der Waals surface area (Å²) in [6.45, 7) is 5.97. The molecule has 0 spiro atoms. The molecule has 22 heavy (non-hydrogen) atoms. The van der Waals surface area contributed by atoms with Gasteiger partial charge in [0.2, 0.25) is 5.91 Å². The first-order chi connectivity index (χ1) is 10.7. The molecule has 2 aliphatic heterocycles. The van der Waals surface area contributed by atoms with Crippen molar-refractivity contribution in [2.75, 3.05) is 32.8 Å². The van der Waals surface area contributed by atoms with Crippen LogP contribution in [-0.2, 0) is 9.53 Å². The second kappa shape index (κ2) is 7.24. The molecule has 2 fully saturated rings. The van der Waals surface area contributed by atoms with Crippen molar-refractivity contribution < 1.29 is 9.53 Å². The van der Waals surface area contributed by atoms with Gasteiger partial charge in [0.05, 0.1) is 12.2 Å². The van der Waals surface area contributed by atoms with Crippen LogP contribution in [0.1, 0.15) is 43.0 Å². The molecule has 2 N–H and O–H groups in total. The van der Waals surface area contributed by atoms with E-state index in [9.17, 15) is 4.79 Å². The van der Waals surface area contributed by atoms with Crippen LogP contribution in [0.3, 0.4) is 0 Å². The van der Waals surface area contributed by atoms with Gasteiger partial charge < -0.3 is 10.1 Å². The Morgan fingerprint density at radius 1 is 1.45 bits per heavy atom. The Bertz CT molecular complexity index is 496. The van der Waals surface area contributed by atoms with Gasteiger partial charge in [-0.25, -0.2) is 0 Å². The van der Waals surface area contributed by atoms with E-state index in [1.54, 1.807) is 0 Å². The van der Waals surface area contributed by atoms with Gasteiger partial charge in [-0.1, -0.05) is 0 Å². The predicted molar refractivity (Wildman–Crippen MR) is 83.7 cm³/mol. The fourth-order valence-corrected chi connectivity index (χ4v) is 3.41. The second-order valence-electron chi connectivity index (χ2n) is 6.50. The van der Waals surface area contributed by atoms with Crippen LogP contribution in [-0.4, -0.2) is 59.9 Å². The van der Waals surface area contributed by atoms with Crippen LogP contribution in [0.15, 0.2) is 6.07 Å². The molecule has 6 heteroatoms. The Morgan fingerprint density at radius 3 is 3.00 bits per heavy atom. The van der Waals surface area contributed by atoms with Gasteiger partial charge in [0.25, 0.3) is 0 Å². The van der Waals surface area contributed by atoms with E-state index in [1.807, 2.05) is 6.92 Å². The average molecular weight is 306 g/mol. The maximum atomic E-state index is 12.2. The van der Waals surface area contributed by atoms with Crippen LogP contribution in [0.5, 0.6) is 0 Å². The van der Waals surface area contributed by atoms with Crippen LogP contribution < -0.4 is 5.32 Å². The number of nitrogens with one attached hydrogen (secondary N) is 2. The fourth-order valence-electron chi connectivity index (χ4n) is 3.41. The Kier molecular flexibility index (Phi) is 5.10. The minimum absolute atomic E-state index is 0.144. The molecule has 0 bridgehead atoms. The highest BCUT2D eigenvalue weighted by atomic mass is 16.5. The minimum atomic E-state index is 0.144. The largest absolute Gasteiger partial charge is 0.381 e. The van der Waals surface area contributed by atoms with Crippen molar-refractivity contribution in [2.24, 2.45) is 0 Å². The number of aromatic nitrogens is 2. The van der Waals surface area contributed by atoms with Gasteiger partial charge in [0, 0.05) is 37.4 Å². The third-order valence-electron chi connectivity index (χ3n) is 4.60. The molecule has 0 aliphatic carbocycles. The topological polar surface area (TPSA) is 70.2 Å². The summed E-state index contributed by atoms with van der Waals surface area (Å²) in [6.07, 6.45) is 4.14. The van der Waals surface area contributed by atoms with Crippen molar-refractivity contribution in [3.8, 4) is 0 Å². The van der Waals surface area contributed by atoms with Crippen molar-refractivity contribution in [2.45, 2.75) is 44.6 Å². The molecule has 2 aliphatic rings. The first-order valence-electron chi connectivity index (χ1n) is 8.32. The van der Waals surface area contributed by atoms with E-state index in [0.717, 1.165) is 63.4 Å². The quantitative estimate of drug-likeness (QED) is 0.877. The number of aryl methyl sites for hydroxylation is 1. The van der Waals surface area contributed by atoms with Gasteiger partial charge in [0.1, 0.15) is 0 Å². The highest BCUT2D eigenvalue weighted by Gasteiger charge is 2.25. The highest BCUT2D eigenvalue weighted by Crippen LogP contribution is 2.25. The van der Waals surface area contributed by atoms with Gasteiger partial charge >= 0.3 is 0 Å². The summed E-state index contributed by atoms with van der Waals surface area (Å²) >= 11 is 0. The lowest BCUT2D eigenvalue weighted by Gasteiger charge is -2.32. The Labute approximate surface area is 131 Å². The molecule has 0 aromatic carbocycles. The number of H-pyrrole nitrogens is 1. The van der Waals surface area contributed by atoms with Crippen molar-refractivity contribution in [3.05, 3.63) is 17.5 Å². The summed E-state index contributed by atoms with van der Waals surface area (Å²) < 4.78 is 5.32. The number of nitrogens with zero attached hydrogens (tertiary/aromatic N) is 2. The SMILES string of the molecule is Cc1cc([C@H]2CCCN(CC(=O)NC3CCOCC3)C2)n[nH]1. The van der Waals surface area contributed by atoms with Crippen molar-refractivity contribution >= 4 is 5.91 Å². The predicted octanol–water partition coefficient (Wildman–Crippen LogP) is 1.19. The maximum Gasteiger partial charge on any atom is 0.234 e. The van der Waals surface area contributed by atoms with Crippen LogP contribution in [0.25, 0.3) is 0 Å². The molecule has 3 rings (SSSR count). The van der Waals surface area contributed by atoms with Crippen LogP contribution in [0, 0.1) is 6.92 Å². The maximum absolute atomic E-state index is 12.2. The minimum Gasteiger partial charge on any atom is -0.381 e. The molecule has 0 saturated carbocycles. The first-order valence-corrected chi connectivity index (χ1v) is 8.32. The van der Waals surface area contributed by atoms with Gasteiger partial charge in [-0.3, -0.25) is 14.8 Å². The lowest BCUT2D eigenvalue weighted by Crippen LogP contribution is -2.46. The van der Waals surface area contributed by atoms with E-state index in [-0.39, 0.29) is 11.9 Å². The number of carbonyl (C=O) groups excluding carboxylic acids is 1. The molecular formula is C16H26N4O2. The molecule has 1 atom stereocenters.